The number of aliphatic carboxylic acids is 1. The van der Waals surface area contributed by atoms with Gasteiger partial charge in [0.05, 0.1) is 17.1 Å². The highest BCUT2D eigenvalue weighted by molar-refractivity contribution is 5.74. The largest absolute Gasteiger partial charge is 0.481 e. The van der Waals surface area contributed by atoms with E-state index in [2.05, 4.69) is 6.92 Å². The van der Waals surface area contributed by atoms with Crippen LogP contribution in [0.1, 0.15) is 78.1 Å². The molecular formula is C18H30O3. The molecule has 0 aromatic carbocycles. The van der Waals surface area contributed by atoms with Crippen LogP contribution in [0, 0.1) is 17.3 Å². The average molecular weight is 294 g/mol. The van der Waals surface area contributed by atoms with Crippen molar-refractivity contribution in [2.75, 3.05) is 0 Å². The van der Waals surface area contributed by atoms with E-state index in [1.54, 1.807) is 0 Å². The van der Waals surface area contributed by atoms with Crippen LogP contribution < -0.4 is 0 Å². The molecule has 0 saturated heterocycles. The second kappa shape index (κ2) is 5.57. The van der Waals surface area contributed by atoms with Crippen molar-refractivity contribution in [3.63, 3.8) is 0 Å². The predicted molar refractivity (Wildman–Crippen MR) is 82.2 cm³/mol. The van der Waals surface area contributed by atoms with E-state index in [1.807, 2.05) is 6.92 Å². The molecule has 1 N–H and O–H groups in total. The van der Waals surface area contributed by atoms with Gasteiger partial charge in [-0.2, -0.15) is 0 Å². The maximum Gasteiger partial charge on any atom is 0.309 e. The first-order chi connectivity index (χ1) is 9.90. The van der Waals surface area contributed by atoms with Crippen LogP contribution in [-0.2, 0) is 9.53 Å². The van der Waals surface area contributed by atoms with Crippen molar-refractivity contribution in [3.05, 3.63) is 0 Å². The van der Waals surface area contributed by atoms with Crippen molar-refractivity contribution < 1.29 is 14.6 Å². The van der Waals surface area contributed by atoms with E-state index in [-0.39, 0.29) is 5.60 Å². The summed E-state index contributed by atoms with van der Waals surface area (Å²) >= 11 is 0. The molecule has 120 valence electrons. The van der Waals surface area contributed by atoms with Crippen molar-refractivity contribution in [1.82, 2.24) is 0 Å². The van der Waals surface area contributed by atoms with Gasteiger partial charge in [0.15, 0.2) is 0 Å². The normalized spacial score (nSPS) is 47.0. The minimum absolute atomic E-state index is 0.0949. The number of ether oxygens (including phenoxy) is 1. The van der Waals surface area contributed by atoms with Crippen LogP contribution in [0.25, 0.3) is 0 Å². The Morgan fingerprint density at radius 1 is 1.05 bits per heavy atom. The smallest absolute Gasteiger partial charge is 0.309 e. The quantitative estimate of drug-likeness (QED) is 0.839. The summed E-state index contributed by atoms with van der Waals surface area (Å²) < 4.78 is 6.53. The van der Waals surface area contributed by atoms with Crippen molar-refractivity contribution >= 4 is 5.97 Å². The van der Waals surface area contributed by atoms with E-state index in [9.17, 15) is 9.90 Å². The minimum Gasteiger partial charge on any atom is -0.481 e. The number of hydrogen-bond acceptors (Lipinski definition) is 2. The van der Waals surface area contributed by atoms with Crippen LogP contribution in [0.15, 0.2) is 0 Å². The van der Waals surface area contributed by atoms with Gasteiger partial charge >= 0.3 is 5.97 Å². The first-order valence-corrected chi connectivity index (χ1v) is 8.81. The Bertz CT molecular complexity index is 395. The van der Waals surface area contributed by atoms with Gasteiger partial charge in [-0.3, -0.25) is 4.79 Å². The molecule has 3 aliphatic carbocycles. The van der Waals surface area contributed by atoms with Crippen LogP contribution in [0.4, 0.5) is 0 Å². The predicted octanol–water partition coefficient (Wildman–Crippen LogP) is 4.40. The molecule has 0 bridgehead atoms. The van der Waals surface area contributed by atoms with Crippen molar-refractivity contribution in [2.24, 2.45) is 17.3 Å². The van der Waals surface area contributed by atoms with Crippen molar-refractivity contribution in [2.45, 2.75) is 89.8 Å². The van der Waals surface area contributed by atoms with Crippen molar-refractivity contribution in [3.8, 4) is 0 Å². The number of rotatable bonds is 3. The van der Waals surface area contributed by atoms with Gasteiger partial charge < -0.3 is 9.84 Å². The molecule has 0 aromatic rings. The molecular weight excluding hydrogens is 264 g/mol. The van der Waals surface area contributed by atoms with Crippen LogP contribution in [0.5, 0.6) is 0 Å². The molecule has 0 heterocycles. The number of fused-ring (bicyclic) bond motifs is 1. The molecule has 3 fully saturated rings. The Balaban J connectivity index is 1.52. The number of hydrogen-bond donors (Lipinski definition) is 1. The van der Waals surface area contributed by atoms with Crippen LogP contribution in [0.3, 0.4) is 0 Å². The van der Waals surface area contributed by atoms with Gasteiger partial charge in [0.25, 0.3) is 0 Å². The van der Waals surface area contributed by atoms with E-state index < -0.39 is 11.4 Å². The lowest BCUT2D eigenvalue weighted by atomic mass is 9.77. The highest BCUT2D eigenvalue weighted by Crippen LogP contribution is 2.54. The zero-order valence-corrected chi connectivity index (χ0v) is 13.6. The molecule has 3 heteroatoms. The molecule has 3 atom stereocenters. The fraction of sp³-hybridized carbons (Fsp3) is 0.944. The molecule has 0 aliphatic heterocycles. The molecule has 3 nitrogen and oxygen atoms in total. The fourth-order valence-corrected chi connectivity index (χ4v) is 4.61. The topological polar surface area (TPSA) is 46.5 Å². The van der Waals surface area contributed by atoms with E-state index >= 15 is 0 Å². The van der Waals surface area contributed by atoms with E-state index in [0.717, 1.165) is 50.4 Å². The van der Waals surface area contributed by atoms with E-state index in [1.165, 1.54) is 25.7 Å². The Hall–Kier alpha value is -0.570. The first-order valence-electron chi connectivity index (χ1n) is 8.81. The summed E-state index contributed by atoms with van der Waals surface area (Å²) in [6.45, 7) is 4.22. The molecule has 3 saturated carbocycles. The summed E-state index contributed by atoms with van der Waals surface area (Å²) in [7, 11) is 0. The van der Waals surface area contributed by atoms with Crippen LogP contribution in [-0.4, -0.2) is 22.8 Å². The second-order valence-corrected chi connectivity index (χ2v) is 8.34. The maximum atomic E-state index is 11.4. The minimum atomic E-state index is -0.624. The molecule has 0 radical (unpaired) electrons. The lowest BCUT2D eigenvalue weighted by Crippen LogP contribution is -2.38. The molecule has 0 spiro atoms. The highest BCUT2D eigenvalue weighted by atomic mass is 16.5. The molecule has 3 rings (SSSR count). The third kappa shape index (κ3) is 3.44. The summed E-state index contributed by atoms with van der Waals surface area (Å²) in [6.07, 6.45) is 11.2. The lowest BCUT2D eigenvalue weighted by molar-refractivity contribution is -0.150. The Labute approximate surface area is 128 Å². The van der Waals surface area contributed by atoms with Gasteiger partial charge in [0.1, 0.15) is 0 Å². The Morgan fingerprint density at radius 2 is 1.71 bits per heavy atom. The van der Waals surface area contributed by atoms with Gasteiger partial charge in [0.2, 0.25) is 0 Å². The Morgan fingerprint density at radius 3 is 2.29 bits per heavy atom. The summed E-state index contributed by atoms with van der Waals surface area (Å²) in [5, 5.41) is 9.38. The third-order valence-electron chi connectivity index (χ3n) is 6.28. The molecule has 3 aliphatic rings. The zero-order chi connectivity index (χ0) is 15.1. The first kappa shape index (κ1) is 15.3. The van der Waals surface area contributed by atoms with Gasteiger partial charge in [-0.05, 0) is 89.9 Å². The Kier molecular flexibility index (Phi) is 4.06. The number of carbonyl (C=O) groups is 1. The third-order valence-corrected chi connectivity index (χ3v) is 6.28. The van der Waals surface area contributed by atoms with E-state index in [4.69, 9.17) is 4.74 Å². The van der Waals surface area contributed by atoms with Gasteiger partial charge in [-0.25, -0.2) is 0 Å². The van der Waals surface area contributed by atoms with Gasteiger partial charge in [-0.15, -0.1) is 0 Å². The second-order valence-electron chi connectivity index (χ2n) is 8.34. The average Bonchev–Trinajstić information content (AvgIpc) is 3.13. The van der Waals surface area contributed by atoms with Crippen LogP contribution >= 0.6 is 0 Å². The summed E-state index contributed by atoms with van der Waals surface area (Å²) in [4.78, 5) is 11.4. The van der Waals surface area contributed by atoms with Crippen molar-refractivity contribution in [1.29, 1.82) is 0 Å². The summed E-state index contributed by atoms with van der Waals surface area (Å²) in [5.41, 5.74) is -0.418. The monoisotopic (exact) mass is 294 g/mol. The molecule has 0 aromatic heterocycles. The van der Waals surface area contributed by atoms with Crippen LogP contribution in [0.2, 0.25) is 0 Å². The van der Waals surface area contributed by atoms with E-state index in [0.29, 0.717) is 6.10 Å². The molecule has 3 unspecified atom stereocenters. The molecule has 21 heavy (non-hydrogen) atoms. The number of carboxylic acids is 1. The lowest BCUT2D eigenvalue weighted by Gasteiger charge is -2.38. The summed E-state index contributed by atoms with van der Waals surface area (Å²) in [6, 6.07) is 0. The van der Waals surface area contributed by atoms with Gasteiger partial charge in [0, 0.05) is 0 Å². The highest BCUT2D eigenvalue weighted by Gasteiger charge is 2.48. The fourth-order valence-electron chi connectivity index (χ4n) is 4.61. The SMILES string of the molecule is CC1(OC2CCCC(C)(C(=O)O)CCC2)CCC2CC2C1. The standard InChI is InChI=1S/C18H30O3/c1-17(16(19)20)8-3-5-15(6-4-9-17)21-18(2)10-7-13-11-14(13)12-18/h13-15H,3-12H2,1-2H3,(H,19,20). The summed E-state index contributed by atoms with van der Waals surface area (Å²) in [5.74, 6) is 1.32. The zero-order valence-electron chi connectivity index (χ0n) is 13.6. The number of carboxylic acid groups (broad SMARTS) is 1. The molecule has 0 amide bonds. The van der Waals surface area contributed by atoms with Gasteiger partial charge in [-0.1, -0.05) is 0 Å². The maximum absolute atomic E-state index is 11.4.